The molecule has 5 heteroatoms. The third-order valence-corrected chi connectivity index (χ3v) is 6.35. The van der Waals surface area contributed by atoms with Crippen LogP contribution in [-0.4, -0.2) is 38.5 Å². The van der Waals surface area contributed by atoms with E-state index >= 15 is 0 Å². The number of nitrogens with zero attached hydrogens (tertiary/aromatic N) is 1. The Bertz CT molecular complexity index is 877. The summed E-state index contributed by atoms with van der Waals surface area (Å²) in [6.07, 6.45) is 2.86. The molecule has 1 saturated heterocycles. The van der Waals surface area contributed by atoms with Gasteiger partial charge in [-0.25, -0.2) is 0 Å². The van der Waals surface area contributed by atoms with Crippen LogP contribution in [0, 0.1) is 5.92 Å². The SMILES string of the molecule is CN1C(=O)C(CC(=O)NCC2CCNCC2)(Cc2ccccc2)c2ccccc21. The van der Waals surface area contributed by atoms with E-state index in [9.17, 15) is 9.59 Å². The third kappa shape index (κ3) is 3.92. The first-order valence-electron chi connectivity index (χ1n) is 10.5. The molecule has 152 valence electrons. The Kier molecular flexibility index (Phi) is 5.67. The van der Waals surface area contributed by atoms with Crippen LogP contribution in [0.1, 0.15) is 30.4 Å². The van der Waals surface area contributed by atoms with Gasteiger partial charge in [0.2, 0.25) is 11.8 Å². The normalized spacial score (nSPS) is 21.8. The molecule has 2 aromatic rings. The van der Waals surface area contributed by atoms with Crippen molar-refractivity contribution in [1.82, 2.24) is 10.6 Å². The maximum absolute atomic E-state index is 13.5. The molecule has 2 heterocycles. The van der Waals surface area contributed by atoms with Crippen LogP contribution in [0.15, 0.2) is 54.6 Å². The molecule has 2 aliphatic heterocycles. The van der Waals surface area contributed by atoms with Gasteiger partial charge in [-0.3, -0.25) is 9.59 Å². The van der Waals surface area contributed by atoms with Gasteiger partial charge in [0.05, 0.1) is 5.41 Å². The molecule has 0 bridgehead atoms. The Balaban J connectivity index is 1.59. The molecule has 2 aromatic carbocycles. The number of fused-ring (bicyclic) bond motifs is 1. The van der Waals surface area contributed by atoms with Crippen molar-refractivity contribution in [2.45, 2.75) is 31.1 Å². The number of carbonyl (C=O) groups is 2. The first-order valence-corrected chi connectivity index (χ1v) is 10.5. The lowest BCUT2D eigenvalue weighted by Crippen LogP contribution is -2.45. The van der Waals surface area contributed by atoms with E-state index in [1.54, 1.807) is 11.9 Å². The van der Waals surface area contributed by atoms with E-state index in [-0.39, 0.29) is 18.2 Å². The van der Waals surface area contributed by atoms with Gasteiger partial charge < -0.3 is 15.5 Å². The fourth-order valence-electron chi connectivity index (χ4n) is 4.75. The van der Waals surface area contributed by atoms with Crippen LogP contribution in [0.3, 0.4) is 0 Å². The summed E-state index contributed by atoms with van der Waals surface area (Å²) in [5, 5.41) is 6.47. The van der Waals surface area contributed by atoms with Gasteiger partial charge in [-0.2, -0.15) is 0 Å². The van der Waals surface area contributed by atoms with Gasteiger partial charge in [-0.15, -0.1) is 0 Å². The molecule has 2 aliphatic rings. The summed E-state index contributed by atoms with van der Waals surface area (Å²) in [6.45, 7) is 2.71. The van der Waals surface area contributed by atoms with Gasteiger partial charge in [-0.05, 0) is 55.5 Å². The Labute approximate surface area is 172 Å². The van der Waals surface area contributed by atoms with Crippen molar-refractivity contribution >= 4 is 17.5 Å². The van der Waals surface area contributed by atoms with Gasteiger partial charge in [0.25, 0.3) is 0 Å². The molecule has 1 atom stereocenters. The summed E-state index contributed by atoms with van der Waals surface area (Å²) < 4.78 is 0. The number of hydrogen-bond donors (Lipinski definition) is 2. The Hall–Kier alpha value is -2.66. The lowest BCUT2D eigenvalue weighted by molar-refractivity contribution is -0.129. The van der Waals surface area contributed by atoms with Crippen LogP contribution >= 0.6 is 0 Å². The van der Waals surface area contributed by atoms with Crippen molar-refractivity contribution in [1.29, 1.82) is 0 Å². The van der Waals surface area contributed by atoms with E-state index in [4.69, 9.17) is 0 Å². The molecule has 5 nitrogen and oxygen atoms in total. The predicted molar refractivity (Wildman–Crippen MR) is 115 cm³/mol. The highest BCUT2D eigenvalue weighted by Gasteiger charge is 2.50. The molecule has 2 amide bonds. The number of nitrogens with one attached hydrogen (secondary N) is 2. The van der Waals surface area contributed by atoms with E-state index < -0.39 is 5.41 Å². The first-order chi connectivity index (χ1) is 14.1. The number of carbonyl (C=O) groups excluding carboxylic acids is 2. The highest BCUT2D eigenvalue weighted by Crippen LogP contribution is 2.45. The highest BCUT2D eigenvalue weighted by molar-refractivity contribution is 6.09. The summed E-state index contributed by atoms with van der Waals surface area (Å²) in [5.74, 6) is 0.469. The van der Waals surface area contributed by atoms with Gasteiger partial charge >= 0.3 is 0 Å². The molecule has 0 aliphatic carbocycles. The zero-order chi connectivity index (χ0) is 20.3. The zero-order valence-electron chi connectivity index (χ0n) is 17.0. The lowest BCUT2D eigenvalue weighted by atomic mass is 9.73. The van der Waals surface area contributed by atoms with Crippen molar-refractivity contribution in [2.75, 3.05) is 31.6 Å². The number of para-hydroxylation sites is 1. The zero-order valence-corrected chi connectivity index (χ0v) is 17.0. The summed E-state index contributed by atoms with van der Waals surface area (Å²) in [6, 6.07) is 17.9. The minimum atomic E-state index is -0.856. The van der Waals surface area contributed by atoms with E-state index in [0.29, 0.717) is 18.9 Å². The Morgan fingerprint density at radius 1 is 1.10 bits per heavy atom. The molecule has 0 radical (unpaired) electrons. The van der Waals surface area contributed by atoms with Crippen LogP contribution in [0.25, 0.3) is 0 Å². The van der Waals surface area contributed by atoms with Crippen LogP contribution in [0.4, 0.5) is 5.69 Å². The molecule has 0 aromatic heterocycles. The number of likely N-dealkylation sites (N-methyl/N-ethyl adjacent to an activating group) is 1. The third-order valence-electron chi connectivity index (χ3n) is 6.35. The van der Waals surface area contributed by atoms with E-state index in [0.717, 1.165) is 42.7 Å². The number of rotatable bonds is 6. The second kappa shape index (κ2) is 8.37. The number of amides is 2. The summed E-state index contributed by atoms with van der Waals surface area (Å²) in [4.78, 5) is 28.2. The van der Waals surface area contributed by atoms with Gasteiger partial charge in [-0.1, -0.05) is 48.5 Å². The van der Waals surface area contributed by atoms with E-state index in [1.165, 1.54) is 0 Å². The van der Waals surface area contributed by atoms with Gasteiger partial charge in [0.15, 0.2) is 0 Å². The monoisotopic (exact) mass is 391 g/mol. The number of anilines is 1. The fraction of sp³-hybridized carbons (Fsp3) is 0.417. The predicted octanol–water partition coefficient (Wildman–Crippen LogP) is 2.65. The number of benzene rings is 2. The maximum atomic E-state index is 13.5. The molecule has 2 N–H and O–H groups in total. The van der Waals surface area contributed by atoms with Crippen molar-refractivity contribution in [3.8, 4) is 0 Å². The van der Waals surface area contributed by atoms with Gasteiger partial charge in [0.1, 0.15) is 0 Å². The molecule has 0 spiro atoms. The first kappa shape index (κ1) is 19.6. The average molecular weight is 392 g/mol. The quantitative estimate of drug-likeness (QED) is 0.796. The summed E-state index contributed by atoms with van der Waals surface area (Å²) in [5.41, 5.74) is 2.07. The summed E-state index contributed by atoms with van der Waals surface area (Å²) >= 11 is 0. The molecule has 29 heavy (non-hydrogen) atoms. The minimum Gasteiger partial charge on any atom is -0.356 e. The van der Waals surface area contributed by atoms with Crippen molar-refractivity contribution in [3.63, 3.8) is 0 Å². The average Bonchev–Trinajstić information content (AvgIpc) is 2.96. The van der Waals surface area contributed by atoms with Crippen LogP contribution in [0.2, 0.25) is 0 Å². The minimum absolute atomic E-state index is 0.000399. The number of piperidine rings is 1. The smallest absolute Gasteiger partial charge is 0.238 e. The van der Waals surface area contributed by atoms with Crippen molar-refractivity contribution in [2.24, 2.45) is 5.92 Å². The van der Waals surface area contributed by atoms with Crippen LogP contribution in [-0.2, 0) is 21.4 Å². The van der Waals surface area contributed by atoms with Crippen LogP contribution in [0.5, 0.6) is 0 Å². The Morgan fingerprint density at radius 2 is 1.79 bits per heavy atom. The topological polar surface area (TPSA) is 61.4 Å². The molecular weight excluding hydrogens is 362 g/mol. The van der Waals surface area contributed by atoms with E-state index in [1.807, 2.05) is 54.6 Å². The number of hydrogen-bond acceptors (Lipinski definition) is 3. The fourth-order valence-corrected chi connectivity index (χ4v) is 4.75. The van der Waals surface area contributed by atoms with E-state index in [2.05, 4.69) is 10.6 Å². The second-order valence-corrected chi connectivity index (χ2v) is 8.30. The Morgan fingerprint density at radius 3 is 2.55 bits per heavy atom. The molecular formula is C24H29N3O2. The molecule has 1 unspecified atom stereocenters. The van der Waals surface area contributed by atoms with Crippen molar-refractivity contribution in [3.05, 3.63) is 65.7 Å². The standard InChI is InChI=1S/C24H29N3O2/c1-27-21-10-6-5-9-20(21)24(23(27)29,15-18-7-3-2-4-8-18)16-22(28)26-17-19-11-13-25-14-12-19/h2-10,19,25H,11-17H2,1H3,(H,26,28). The second-order valence-electron chi connectivity index (χ2n) is 8.30. The lowest BCUT2D eigenvalue weighted by Gasteiger charge is -2.29. The molecule has 1 fully saturated rings. The largest absolute Gasteiger partial charge is 0.356 e. The molecule has 4 rings (SSSR count). The summed E-state index contributed by atoms with van der Waals surface area (Å²) in [7, 11) is 1.81. The molecule has 0 saturated carbocycles. The van der Waals surface area contributed by atoms with Crippen LogP contribution < -0.4 is 15.5 Å². The van der Waals surface area contributed by atoms with Crippen molar-refractivity contribution < 1.29 is 9.59 Å². The maximum Gasteiger partial charge on any atom is 0.238 e. The van der Waals surface area contributed by atoms with Gasteiger partial charge in [0, 0.05) is 25.7 Å². The highest BCUT2D eigenvalue weighted by atomic mass is 16.2.